The van der Waals surface area contributed by atoms with E-state index >= 15 is 0 Å². The van der Waals surface area contributed by atoms with Gasteiger partial charge in [0, 0.05) is 16.7 Å². The van der Waals surface area contributed by atoms with Crippen molar-refractivity contribution in [2.45, 2.75) is 44.6 Å². The molecule has 1 rings (SSSR count). The first kappa shape index (κ1) is 14.4. The van der Waals surface area contributed by atoms with Crippen LogP contribution in [-0.2, 0) is 10.8 Å². The molecule has 0 saturated carbocycles. The van der Waals surface area contributed by atoms with Crippen LogP contribution in [0.1, 0.15) is 32.3 Å². The van der Waals surface area contributed by atoms with Crippen LogP contribution in [-0.4, -0.2) is 22.5 Å². The van der Waals surface area contributed by atoms with E-state index in [0.29, 0.717) is 11.8 Å². The molecule has 0 fully saturated rings. The first-order chi connectivity index (χ1) is 8.17. The fraction of sp³-hybridized carbons (Fsp3) is 0.571. The molecule has 1 aromatic carbocycles. The lowest BCUT2D eigenvalue weighted by atomic mass is 10.2. The first-order valence-corrected chi connectivity index (χ1v) is 7.67. The molecule has 0 aliphatic heterocycles. The third-order valence-electron chi connectivity index (χ3n) is 2.81. The van der Waals surface area contributed by atoms with Gasteiger partial charge in [-0.1, -0.05) is 31.5 Å². The van der Waals surface area contributed by atoms with Gasteiger partial charge in [-0.05, 0) is 38.4 Å². The van der Waals surface area contributed by atoms with Crippen molar-refractivity contribution in [3.63, 3.8) is 0 Å². The molecule has 0 saturated heterocycles. The maximum Gasteiger partial charge on any atom is 0.0545 e. The standard InChI is InChI=1S/C14H23NOS/c1-4-10-15-13(5-2)11-17(16)14-8-6-12(3)7-9-14/h6-9,13,15H,4-5,10-11H2,1-3H3. The summed E-state index contributed by atoms with van der Waals surface area (Å²) in [6, 6.07) is 8.34. The van der Waals surface area contributed by atoms with E-state index in [9.17, 15) is 4.21 Å². The average Bonchev–Trinajstić information content (AvgIpc) is 2.35. The van der Waals surface area contributed by atoms with Gasteiger partial charge in [0.05, 0.1) is 10.8 Å². The SMILES string of the molecule is CCCNC(CC)CS(=O)c1ccc(C)cc1. The second-order valence-electron chi connectivity index (χ2n) is 4.38. The van der Waals surface area contributed by atoms with Crippen LogP contribution in [0.4, 0.5) is 0 Å². The van der Waals surface area contributed by atoms with E-state index in [0.717, 1.165) is 24.3 Å². The smallest absolute Gasteiger partial charge is 0.0545 e. The van der Waals surface area contributed by atoms with Crippen LogP contribution in [0.3, 0.4) is 0 Å². The van der Waals surface area contributed by atoms with Crippen LogP contribution in [0.5, 0.6) is 0 Å². The van der Waals surface area contributed by atoms with E-state index in [1.54, 1.807) is 0 Å². The molecular weight excluding hydrogens is 230 g/mol. The van der Waals surface area contributed by atoms with Crippen molar-refractivity contribution in [3.05, 3.63) is 29.8 Å². The monoisotopic (exact) mass is 253 g/mol. The molecule has 2 unspecified atom stereocenters. The van der Waals surface area contributed by atoms with Crippen molar-refractivity contribution in [1.29, 1.82) is 0 Å². The molecule has 3 heteroatoms. The largest absolute Gasteiger partial charge is 0.313 e. The molecule has 0 aromatic heterocycles. The van der Waals surface area contributed by atoms with Crippen molar-refractivity contribution in [2.24, 2.45) is 0 Å². The van der Waals surface area contributed by atoms with Crippen LogP contribution < -0.4 is 5.32 Å². The number of rotatable bonds is 7. The first-order valence-electron chi connectivity index (χ1n) is 6.35. The average molecular weight is 253 g/mol. The Kier molecular flexibility index (Phi) is 6.45. The Bertz CT molecular complexity index is 348. The summed E-state index contributed by atoms with van der Waals surface area (Å²) >= 11 is 0. The normalized spacial score (nSPS) is 14.5. The Balaban J connectivity index is 2.54. The highest BCUT2D eigenvalue weighted by molar-refractivity contribution is 7.85. The quantitative estimate of drug-likeness (QED) is 0.809. The van der Waals surface area contributed by atoms with Gasteiger partial charge in [0.2, 0.25) is 0 Å². The second-order valence-corrected chi connectivity index (χ2v) is 5.88. The van der Waals surface area contributed by atoms with E-state index in [2.05, 4.69) is 19.2 Å². The highest BCUT2D eigenvalue weighted by Gasteiger charge is 2.11. The van der Waals surface area contributed by atoms with Gasteiger partial charge < -0.3 is 5.32 Å². The number of aryl methyl sites for hydroxylation is 1. The lowest BCUT2D eigenvalue weighted by molar-refractivity contribution is 0.534. The maximum atomic E-state index is 12.2. The molecule has 0 bridgehead atoms. The molecule has 0 spiro atoms. The van der Waals surface area contributed by atoms with Gasteiger partial charge in [-0.3, -0.25) is 4.21 Å². The third kappa shape index (κ3) is 5.00. The van der Waals surface area contributed by atoms with Crippen molar-refractivity contribution in [1.82, 2.24) is 5.32 Å². The minimum absolute atomic E-state index is 0.358. The van der Waals surface area contributed by atoms with Gasteiger partial charge in [0.15, 0.2) is 0 Å². The van der Waals surface area contributed by atoms with Gasteiger partial charge in [0.1, 0.15) is 0 Å². The molecule has 2 atom stereocenters. The third-order valence-corrected chi connectivity index (χ3v) is 4.32. The molecule has 0 radical (unpaired) electrons. The molecule has 2 nitrogen and oxygen atoms in total. The van der Waals surface area contributed by atoms with Crippen LogP contribution in [0, 0.1) is 6.92 Å². The second kappa shape index (κ2) is 7.62. The highest BCUT2D eigenvalue weighted by atomic mass is 32.2. The van der Waals surface area contributed by atoms with E-state index in [1.165, 1.54) is 5.56 Å². The summed E-state index contributed by atoms with van der Waals surface area (Å²) in [6.07, 6.45) is 2.14. The summed E-state index contributed by atoms with van der Waals surface area (Å²) in [5.41, 5.74) is 1.21. The fourth-order valence-electron chi connectivity index (χ4n) is 1.64. The van der Waals surface area contributed by atoms with Gasteiger partial charge in [0.25, 0.3) is 0 Å². The van der Waals surface area contributed by atoms with E-state index < -0.39 is 10.8 Å². The fourth-order valence-corrected chi connectivity index (χ4v) is 2.99. The number of nitrogens with one attached hydrogen (secondary N) is 1. The molecular formula is C14H23NOS. The van der Waals surface area contributed by atoms with Gasteiger partial charge in [-0.25, -0.2) is 0 Å². The Morgan fingerprint density at radius 3 is 2.41 bits per heavy atom. The van der Waals surface area contributed by atoms with Crippen LogP contribution in [0.15, 0.2) is 29.2 Å². The zero-order valence-electron chi connectivity index (χ0n) is 11.0. The molecule has 0 aliphatic rings. The van der Waals surface area contributed by atoms with Crippen molar-refractivity contribution in [2.75, 3.05) is 12.3 Å². The molecule has 1 aromatic rings. The molecule has 0 heterocycles. The van der Waals surface area contributed by atoms with E-state index in [-0.39, 0.29) is 0 Å². The van der Waals surface area contributed by atoms with Crippen LogP contribution in [0.2, 0.25) is 0 Å². The van der Waals surface area contributed by atoms with E-state index in [1.807, 2.05) is 31.2 Å². The zero-order valence-corrected chi connectivity index (χ0v) is 11.8. The Morgan fingerprint density at radius 1 is 1.24 bits per heavy atom. The number of benzene rings is 1. The lowest BCUT2D eigenvalue weighted by Gasteiger charge is -2.16. The summed E-state index contributed by atoms with van der Waals surface area (Å²) in [6.45, 7) is 7.34. The van der Waals surface area contributed by atoms with E-state index in [4.69, 9.17) is 0 Å². The minimum atomic E-state index is -0.888. The lowest BCUT2D eigenvalue weighted by Crippen LogP contribution is -2.34. The molecule has 96 valence electrons. The summed E-state index contributed by atoms with van der Waals surface area (Å²) in [4.78, 5) is 0.937. The summed E-state index contributed by atoms with van der Waals surface area (Å²) < 4.78 is 12.2. The zero-order chi connectivity index (χ0) is 12.7. The number of hydrogen-bond donors (Lipinski definition) is 1. The Hall–Kier alpha value is -0.670. The molecule has 17 heavy (non-hydrogen) atoms. The Morgan fingerprint density at radius 2 is 1.88 bits per heavy atom. The molecule has 1 N–H and O–H groups in total. The predicted molar refractivity (Wildman–Crippen MR) is 74.8 cm³/mol. The molecule has 0 amide bonds. The van der Waals surface area contributed by atoms with Crippen LogP contribution >= 0.6 is 0 Å². The van der Waals surface area contributed by atoms with Gasteiger partial charge in [-0.15, -0.1) is 0 Å². The highest BCUT2D eigenvalue weighted by Crippen LogP contribution is 2.10. The van der Waals surface area contributed by atoms with Gasteiger partial charge in [-0.2, -0.15) is 0 Å². The molecule has 0 aliphatic carbocycles. The number of hydrogen-bond acceptors (Lipinski definition) is 2. The van der Waals surface area contributed by atoms with Crippen LogP contribution in [0.25, 0.3) is 0 Å². The van der Waals surface area contributed by atoms with Crippen molar-refractivity contribution in [3.8, 4) is 0 Å². The summed E-state index contributed by atoms with van der Waals surface area (Å²) in [5.74, 6) is 0.708. The van der Waals surface area contributed by atoms with Crippen molar-refractivity contribution < 1.29 is 4.21 Å². The van der Waals surface area contributed by atoms with Gasteiger partial charge >= 0.3 is 0 Å². The summed E-state index contributed by atoms with van der Waals surface area (Å²) in [7, 11) is -0.888. The topological polar surface area (TPSA) is 29.1 Å². The predicted octanol–water partition coefficient (Wildman–Crippen LogP) is 2.88. The Labute approximate surface area is 107 Å². The summed E-state index contributed by atoms with van der Waals surface area (Å²) in [5, 5.41) is 3.44. The minimum Gasteiger partial charge on any atom is -0.313 e. The maximum absolute atomic E-state index is 12.2. The van der Waals surface area contributed by atoms with Crippen molar-refractivity contribution >= 4 is 10.8 Å².